The molecule has 0 aliphatic heterocycles. The Morgan fingerprint density at radius 2 is 1.30 bits per heavy atom. The van der Waals surface area contributed by atoms with Crippen molar-refractivity contribution in [2.75, 3.05) is 35.5 Å². The number of benzene rings is 2. The standard InChI is InChI=1S/C20H22O7/c1-23-16-10-13(15(22)11-17(16)24-2)14(21)7-6-12-8-18(25-3)20(27-5)19(9-12)26-4/h6-11,22H,1-5H3/b7-6+. The van der Waals surface area contributed by atoms with Crippen LogP contribution in [0.25, 0.3) is 6.08 Å². The Morgan fingerprint density at radius 3 is 1.78 bits per heavy atom. The van der Waals surface area contributed by atoms with Crippen LogP contribution in [0.3, 0.4) is 0 Å². The van der Waals surface area contributed by atoms with Crippen molar-refractivity contribution in [1.29, 1.82) is 0 Å². The van der Waals surface area contributed by atoms with Crippen molar-refractivity contribution in [1.82, 2.24) is 0 Å². The summed E-state index contributed by atoms with van der Waals surface area (Å²) < 4.78 is 26.1. The zero-order valence-corrected chi connectivity index (χ0v) is 15.9. The topological polar surface area (TPSA) is 83.5 Å². The number of carbonyl (C=O) groups excluding carboxylic acids is 1. The van der Waals surface area contributed by atoms with Gasteiger partial charge in [-0.05, 0) is 29.8 Å². The zero-order chi connectivity index (χ0) is 20.0. The number of hydrogen-bond acceptors (Lipinski definition) is 7. The smallest absolute Gasteiger partial charge is 0.203 e. The first-order valence-corrected chi connectivity index (χ1v) is 7.96. The number of ketones is 1. The second-order valence-corrected chi connectivity index (χ2v) is 5.38. The lowest BCUT2D eigenvalue weighted by Crippen LogP contribution is -1.99. The van der Waals surface area contributed by atoms with Crippen LogP contribution in [0.2, 0.25) is 0 Å². The van der Waals surface area contributed by atoms with Crippen LogP contribution in [0.4, 0.5) is 0 Å². The number of aromatic hydroxyl groups is 1. The highest BCUT2D eigenvalue weighted by molar-refractivity contribution is 6.09. The van der Waals surface area contributed by atoms with Crippen LogP contribution < -0.4 is 23.7 Å². The molecule has 0 radical (unpaired) electrons. The molecule has 1 N–H and O–H groups in total. The molecule has 0 aromatic heterocycles. The predicted octanol–water partition coefficient (Wildman–Crippen LogP) is 3.33. The molecule has 7 nitrogen and oxygen atoms in total. The normalized spacial score (nSPS) is 10.6. The summed E-state index contributed by atoms with van der Waals surface area (Å²) in [7, 11) is 7.44. The number of allylic oxidation sites excluding steroid dienone is 1. The first kappa shape index (κ1) is 20.0. The third-order valence-electron chi connectivity index (χ3n) is 3.88. The number of ether oxygens (including phenoxy) is 5. The number of carbonyl (C=O) groups is 1. The Balaban J connectivity index is 2.37. The molecule has 0 spiro atoms. The number of hydrogen-bond donors (Lipinski definition) is 1. The zero-order valence-electron chi connectivity index (χ0n) is 15.9. The minimum absolute atomic E-state index is 0.0938. The maximum absolute atomic E-state index is 12.5. The van der Waals surface area contributed by atoms with Gasteiger partial charge in [0.05, 0.1) is 41.1 Å². The average Bonchev–Trinajstić information content (AvgIpc) is 2.70. The maximum Gasteiger partial charge on any atom is 0.203 e. The average molecular weight is 374 g/mol. The molecule has 0 bridgehead atoms. The van der Waals surface area contributed by atoms with E-state index in [9.17, 15) is 9.90 Å². The first-order chi connectivity index (χ1) is 13.0. The second kappa shape index (κ2) is 8.84. The van der Waals surface area contributed by atoms with E-state index in [0.29, 0.717) is 34.3 Å². The fraction of sp³-hybridized carbons (Fsp3) is 0.250. The van der Waals surface area contributed by atoms with Gasteiger partial charge in [-0.15, -0.1) is 0 Å². The quantitative estimate of drug-likeness (QED) is 0.560. The molecule has 0 heterocycles. The van der Waals surface area contributed by atoms with E-state index in [1.165, 1.54) is 53.8 Å². The number of phenols is 1. The lowest BCUT2D eigenvalue weighted by atomic mass is 10.1. The van der Waals surface area contributed by atoms with E-state index in [2.05, 4.69) is 0 Å². The molecule has 27 heavy (non-hydrogen) atoms. The van der Waals surface area contributed by atoms with Crippen molar-refractivity contribution >= 4 is 11.9 Å². The van der Waals surface area contributed by atoms with E-state index < -0.39 is 5.78 Å². The van der Waals surface area contributed by atoms with Crippen LogP contribution in [-0.4, -0.2) is 46.4 Å². The van der Waals surface area contributed by atoms with E-state index in [0.717, 1.165) is 0 Å². The Bertz CT molecular complexity index is 831. The summed E-state index contributed by atoms with van der Waals surface area (Å²) in [6.45, 7) is 0. The van der Waals surface area contributed by atoms with Crippen LogP contribution in [0.1, 0.15) is 15.9 Å². The van der Waals surface area contributed by atoms with Gasteiger partial charge in [-0.2, -0.15) is 0 Å². The van der Waals surface area contributed by atoms with Crippen LogP contribution >= 0.6 is 0 Å². The van der Waals surface area contributed by atoms with E-state index >= 15 is 0 Å². The van der Waals surface area contributed by atoms with E-state index in [4.69, 9.17) is 23.7 Å². The molecule has 144 valence electrons. The molecule has 0 fully saturated rings. The third kappa shape index (κ3) is 4.25. The second-order valence-electron chi connectivity index (χ2n) is 5.38. The third-order valence-corrected chi connectivity index (χ3v) is 3.88. The summed E-state index contributed by atoms with van der Waals surface area (Å²) in [5, 5.41) is 10.1. The Morgan fingerprint density at radius 1 is 0.778 bits per heavy atom. The molecule has 2 aromatic carbocycles. The predicted molar refractivity (Wildman–Crippen MR) is 101 cm³/mol. The van der Waals surface area contributed by atoms with Crippen molar-refractivity contribution in [2.45, 2.75) is 0 Å². The molecule has 0 unspecified atom stereocenters. The van der Waals surface area contributed by atoms with Crippen LogP contribution in [0, 0.1) is 0 Å². The molecule has 0 saturated carbocycles. The van der Waals surface area contributed by atoms with Gasteiger partial charge < -0.3 is 28.8 Å². The van der Waals surface area contributed by atoms with Gasteiger partial charge in [0.2, 0.25) is 5.75 Å². The van der Waals surface area contributed by atoms with Gasteiger partial charge in [0.1, 0.15) is 5.75 Å². The molecule has 0 amide bonds. The minimum Gasteiger partial charge on any atom is -0.507 e. The lowest BCUT2D eigenvalue weighted by molar-refractivity contribution is 0.104. The van der Waals surface area contributed by atoms with Crippen LogP contribution in [-0.2, 0) is 0 Å². The summed E-state index contributed by atoms with van der Waals surface area (Å²) in [5.74, 6) is 1.48. The van der Waals surface area contributed by atoms with Crippen molar-refractivity contribution < 1.29 is 33.6 Å². The first-order valence-electron chi connectivity index (χ1n) is 7.96. The van der Waals surface area contributed by atoms with Gasteiger partial charge in [0, 0.05) is 6.07 Å². The highest BCUT2D eigenvalue weighted by Crippen LogP contribution is 2.39. The van der Waals surface area contributed by atoms with E-state index in [1.807, 2.05) is 0 Å². The fourth-order valence-electron chi connectivity index (χ4n) is 2.52. The molecular formula is C20H22O7. The van der Waals surface area contributed by atoms with Crippen molar-refractivity contribution in [3.8, 4) is 34.5 Å². The van der Waals surface area contributed by atoms with Crippen molar-refractivity contribution in [3.05, 3.63) is 41.5 Å². The lowest BCUT2D eigenvalue weighted by Gasteiger charge is -2.13. The molecular weight excluding hydrogens is 352 g/mol. The van der Waals surface area contributed by atoms with Gasteiger partial charge in [-0.1, -0.05) is 6.08 Å². The van der Waals surface area contributed by atoms with E-state index in [1.54, 1.807) is 18.2 Å². The minimum atomic E-state index is -0.401. The Kier molecular flexibility index (Phi) is 6.54. The van der Waals surface area contributed by atoms with Crippen molar-refractivity contribution in [3.63, 3.8) is 0 Å². The van der Waals surface area contributed by atoms with Gasteiger partial charge >= 0.3 is 0 Å². The highest BCUT2D eigenvalue weighted by atomic mass is 16.5. The molecule has 0 aliphatic carbocycles. The van der Waals surface area contributed by atoms with Gasteiger partial charge in [-0.25, -0.2) is 0 Å². The molecule has 2 rings (SSSR count). The molecule has 7 heteroatoms. The Hall–Kier alpha value is -3.35. The Labute approximate surface area is 157 Å². The fourth-order valence-corrected chi connectivity index (χ4v) is 2.52. The van der Waals surface area contributed by atoms with Gasteiger partial charge in [0.25, 0.3) is 0 Å². The van der Waals surface area contributed by atoms with E-state index in [-0.39, 0.29) is 11.3 Å². The largest absolute Gasteiger partial charge is 0.507 e. The molecule has 0 atom stereocenters. The summed E-state index contributed by atoms with van der Waals surface area (Å²) in [6.07, 6.45) is 2.92. The summed E-state index contributed by atoms with van der Waals surface area (Å²) in [5.41, 5.74) is 0.758. The number of phenolic OH excluding ortho intramolecular Hbond substituents is 1. The van der Waals surface area contributed by atoms with Crippen LogP contribution in [0.5, 0.6) is 34.5 Å². The van der Waals surface area contributed by atoms with Gasteiger partial charge in [0.15, 0.2) is 28.8 Å². The molecule has 2 aromatic rings. The summed E-state index contributed by atoms with van der Waals surface area (Å²) in [6, 6.07) is 6.18. The number of methoxy groups -OCH3 is 5. The maximum atomic E-state index is 12.5. The van der Waals surface area contributed by atoms with Gasteiger partial charge in [-0.3, -0.25) is 4.79 Å². The molecule has 0 aliphatic rings. The van der Waals surface area contributed by atoms with Crippen LogP contribution in [0.15, 0.2) is 30.3 Å². The summed E-state index contributed by atoms with van der Waals surface area (Å²) in [4.78, 5) is 12.5. The molecule has 0 saturated heterocycles. The monoisotopic (exact) mass is 374 g/mol. The highest BCUT2D eigenvalue weighted by Gasteiger charge is 2.16. The SMILES string of the molecule is COc1cc(O)c(C(=O)/C=C/c2cc(OC)c(OC)c(OC)c2)cc1OC. The summed E-state index contributed by atoms with van der Waals surface area (Å²) >= 11 is 0. The number of rotatable bonds is 8. The van der Waals surface area contributed by atoms with Crippen molar-refractivity contribution in [2.24, 2.45) is 0 Å².